The highest BCUT2D eigenvalue weighted by Gasteiger charge is 2.29. The van der Waals surface area contributed by atoms with Crippen LogP contribution in [0, 0.1) is 0 Å². The van der Waals surface area contributed by atoms with Gasteiger partial charge in [0, 0.05) is 30.9 Å². The average molecular weight is 274 g/mol. The van der Waals surface area contributed by atoms with E-state index in [2.05, 4.69) is 18.5 Å². The molecule has 5 heteroatoms. The van der Waals surface area contributed by atoms with Crippen molar-refractivity contribution >= 4 is 17.9 Å². The monoisotopic (exact) mass is 274 g/mol. The normalized spacial score (nSPS) is 22.1. The number of carbonyl (C=O) groups is 1. The zero-order chi connectivity index (χ0) is 13.8. The van der Waals surface area contributed by atoms with Crippen LogP contribution in [0.1, 0.15) is 34.1 Å². The molecule has 4 nitrogen and oxygen atoms in total. The molecule has 1 amide bonds. The van der Waals surface area contributed by atoms with E-state index in [1.807, 2.05) is 32.5 Å². The lowest BCUT2D eigenvalue weighted by Crippen LogP contribution is -2.41. The minimum absolute atomic E-state index is 0.190. The Kier molecular flexibility index (Phi) is 5.79. The summed E-state index contributed by atoms with van der Waals surface area (Å²) in [6, 6.07) is 0.892. The van der Waals surface area contributed by atoms with E-state index in [1.165, 1.54) is 0 Å². The average Bonchev–Trinajstić information content (AvgIpc) is 2.63. The second-order valence-electron chi connectivity index (χ2n) is 5.94. The van der Waals surface area contributed by atoms with Crippen LogP contribution in [0.3, 0.4) is 0 Å². The van der Waals surface area contributed by atoms with E-state index in [4.69, 9.17) is 4.74 Å². The number of amides is 1. The first-order valence-electron chi connectivity index (χ1n) is 6.54. The summed E-state index contributed by atoms with van der Waals surface area (Å²) < 4.78 is 5.38. The van der Waals surface area contributed by atoms with Crippen LogP contribution in [0.5, 0.6) is 0 Å². The van der Waals surface area contributed by atoms with E-state index in [9.17, 15) is 4.79 Å². The zero-order valence-electron chi connectivity index (χ0n) is 12.2. The Bertz CT molecular complexity index is 279. The summed E-state index contributed by atoms with van der Waals surface area (Å²) in [4.78, 5) is 13.7. The number of likely N-dealkylation sites (tertiary alicyclic amines) is 1. The molecule has 106 valence electrons. The molecule has 0 saturated carbocycles. The minimum Gasteiger partial charge on any atom is -0.444 e. The molecule has 0 aliphatic carbocycles. The summed E-state index contributed by atoms with van der Waals surface area (Å²) in [5.41, 5.74) is -0.408. The molecule has 0 aromatic carbocycles. The van der Waals surface area contributed by atoms with Gasteiger partial charge >= 0.3 is 6.09 Å². The summed E-state index contributed by atoms with van der Waals surface area (Å²) in [5, 5.41) is 3.56. The van der Waals surface area contributed by atoms with Crippen LogP contribution in [0.4, 0.5) is 4.79 Å². The van der Waals surface area contributed by atoms with Crippen LogP contribution in [-0.4, -0.2) is 53.8 Å². The molecule has 0 aromatic heterocycles. The van der Waals surface area contributed by atoms with Crippen molar-refractivity contribution in [1.29, 1.82) is 0 Å². The van der Waals surface area contributed by atoms with Gasteiger partial charge in [-0.05, 0) is 40.4 Å². The van der Waals surface area contributed by atoms with Crippen molar-refractivity contribution < 1.29 is 9.53 Å². The summed E-state index contributed by atoms with van der Waals surface area (Å²) in [5.74, 6) is 1.10. The van der Waals surface area contributed by atoms with E-state index in [-0.39, 0.29) is 6.09 Å². The zero-order valence-corrected chi connectivity index (χ0v) is 13.0. The Morgan fingerprint density at radius 2 is 2.22 bits per heavy atom. The number of carbonyl (C=O) groups excluding carboxylic acids is 1. The van der Waals surface area contributed by atoms with Crippen LogP contribution in [-0.2, 0) is 4.74 Å². The summed E-state index contributed by atoms with van der Waals surface area (Å²) in [6.45, 7) is 9.44. The number of nitrogens with one attached hydrogen (secondary N) is 1. The van der Waals surface area contributed by atoms with Gasteiger partial charge in [-0.1, -0.05) is 0 Å². The Morgan fingerprint density at radius 3 is 2.78 bits per heavy atom. The molecule has 1 rings (SSSR count). The van der Waals surface area contributed by atoms with Crippen LogP contribution in [0.2, 0.25) is 0 Å². The van der Waals surface area contributed by atoms with Crippen molar-refractivity contribution in [1.82, 2.24) is 10.2 Å². The van der Waals surface area contributed by atoms with Gasteiger partial charge in [-0.15, -0.1) is 0 Å². The first-order valence-corrected chi connectivity index (χ1v) is 7.94. The highest BCUT2D eigenvalue weighted by molar-refractivity contribution is 7.98. The number of hydrogen-bond donors (Lipinski definition) is 1. The van der Waals surface area contributed by atoms with Crippen LogP contribution in [0.15, 0.2) is 0 Å². The Hall–Kier alpha value is -0.420. The van der Waals surface area contributed by atoms with Gasteiger partial charge in [0.2, 0.25) is 0 Å². The fourth-order valence-electron chi connectivity index (χ4n) is 2.09. The smallest absolute Gasteiger partial charge is 0.410 e. The number of rotatable bonds is 4. The predicted octanol–water partition coefficient (Wildman–Crippen LogP) is 2.34. The van der Waals surface area contributed by atoms with Crippen LogP contribution >= 0.6 is 11.8 Å². The second kappa shape index (κ2) is 6.66. The van der Waals surface area contributed by atoms with Gasteiger partial charge in [0.1, 0.15) is 5.60 Å². The van der Waals surface area contributed by atoms with Gasteiger partial charge in [0.15, 0.2) is 0 Å². The highest BCUT2D eigenvalue weighted by atomic mass is 32.2. The third kappa shape index (κ3) is 5.48. The third-order valence-electron chi connectivity index (χ3n) is 2.78. The summed E-state index contributed by atoms with van der Waals surface area (Å²) in [6.07, 6.45) is 2.93. The molecule has 1 fully saturated rings. The first-order chi connectivity index (χ1) is 8.31. The Morgan fingerprint density at radius 1 is 1.56 bits per heavy atom. The molecule has 0 radical (unpaired) electrons. The van der Waals surface area contributed by atoms with Gasteiger partial charge in [-0.25, -0.2) is 4.79 Å². The summed E-state index contributed by atoms with van der Waals surface area (Å²) in [7, 11) is 0. The molecule has 1 heterocycles. The van der Waals surface area contributed by atoms with Crippen molar-refractivity contribution in [2.24, 2.45) is 0 Å². The van der Waals surface area contributed by atoms with Crippen molar-refractivity contribution in [3.05, 3.63) is 0 Å². The lowest BCUT2D eigenvalue weighted by atomic mass is 10.2. The third-order valence-corrected chi connectivity index (χ3v) is 3.61. The maximum atomic E-state index is 11.9. The molecule has 0 unspecified atom stereocenters. The quantitative estimate of drug-likeness (QED) is 0.854. The van der Waals surface area contributed by atoms with Crippen molar-refractivity contribution in [3.63, 3.8) is 0 Å². The predicted molar refractivity (Wildman–Crippen MR) is 77.2 cm³/mol. The van der Waals surface area contributed by atoms with E-state index in [0.29, 0.717) is 12.1 Å². The van der Waals surface area contributed by atoms with Crippen LogP contribution in [0.25, 0.3) is 0 Å². The fourth-order valence-corrected chi connectivity index (χ4v) is 2.69. The lowest BCUT2D eigenvalue weighted by Gasteiger charge is -2.25. The van der Waals surface area contributed by atoms with E-state index < -0.39 is 5.60 Å². The fraction of sp³-hybridized carbons (Fsp3) is 0.923. The van der Waals surface area contributed by atoms with Crippen LogP contribution < -0.4 is 5.32 Å². The molecule has 1 saturated heterocycles. The van der Waals surface area contributed by atoms with Gasteiger partial charge in [0.25, 0.3) is 0 Å². The molecule has 2 atom stereocenters. The molecular formula is C13H26N2O2S. The maximum Gasteiger partial charge on any atom is 0.410 e. The largest absolute Gasteiger partial charge is 0.444 e. The highest BCUT2D eigenvalue weighted by Crippen LogP contribution is 2.15. The molecule has 0 spiro atoms. The molecule has 1 aliphatic heterocycles. The number of thioether (sulfide) groups is 1. The van der Waals surface area contributed by atoms with Crippen molar-refractivity contribution in [3.8, 4) is 0 Å². The van der Waals surface area contributed by atoms with Gasteiger partial charge < -0.3 is 15.0 Å². The molecule has 1 N–H and O–H groups in total. The van der Waals surface area contributed by atoms with Gasteiger partial charge in [-0.3, -0.25) is 0 Å². The molecule has 0 bridgehead atoms. The minimum atomic E-state index is -0.408. The second-order valence-corrected chi connectivity index (χ2v) is 6.85. The lowest BCUT2D eigenvalue weighted by molar-refractivity contribution is 0.0290. The maximum absolute atomic E-state index is 11.9. The topological polar surface area (TPSA) is 41.6 Å². The van der Waals surface area contributed by atoms with Crippen molar-refractivity contribution in [2.75, 3.05) is 25.1 Å². The number of hydrogen-bond acceptors (Lipinski definition) is 4. The molecular weight excluding hydrogens is 248 g/mol. The number of nitrogens with zero attached hydrogens (tertiary/aromatic N) is 1. The SMILES string of the molecule is CSC[C@@H](C)N[C@H]1CCN(C(=O)OC(C)(C)C)C1. The first kappa shape index (κ1) is 15.6. The van der Waals surface area contributed by atoms with E-state index in [0.717, 1.165) is 25.3 Å². The van der Waals surface area contributed by atoms with E-state index in [1.54, 1.807) is 4.90 Å². The standard InChI is InChI=1S/C13H26N2O2S/c1-10(9-18-5)14-11-6-7-15(8-11)12(16)17-13(2,3)4/h10-11,14H,6-9H2,1-5H3/t10-,11+/m1/s1. The molecule has 1 aliphatic rings. The number of ether oxygens (including phenoxy) is 1. The van der Waals surface area contributed by atoms with Gasteiger partial charge in [0.05, 0.1) is 0 Å². The Labute approximate surface area is 115 Å². The Balaban J connectivity index is 2.34. The van der Waals surface area contributed by atoms with Crippen molar-refractivity contribution in [2.45, 2.75) is 51.8 Å². The van der Waals surface area contributed by atoms with E-state index >= 15 is 0 Å². The summed E-state index contributed by atoms with van der Waals surface area (Å²) >= 11 is 1.84. The molecule has 18 heavy (non-hydrogen) atoms. The molecule has 0 aromatic rings. The van der Waals surface area contributed by atoms with Gasteiger partial charge in [-0.2, -0.15) is 11.8 Å².